The summed E-state index contributed by atoms with van der Waals surface area (Å²) in [6.45, 7) is 3.45. The van der Waals surface area contributed by atoms with Crippen LogP contribution in [-0.2, 0) is 19.6 Å². The summed E-state index contributed by atoms with van der Waals surface area (Å²) in [4.78, 5) is 10.8. The van der Waals surface area contributed by atoms with E-state index in [1.807, 2.05) is 0 Å². The Hall–Kier alpha value is -0.880. The van der Waals surface area contributed by atoms with Crippen molar-refractivity contribution in [1.29, 1.82) is 0 Å². The summed E-state index contributed by atoms with van der Waals surface area (Å²) in [5.41, 5.74) is 0. The van der Waals surface area contributed by atoms with Crippen LogP contribution in [0.4, 0.5) is 0 Å². The Bertz CT molecular complexity index is 280. The molecule has 0 aliphatic heterocycles. The molecule has 0 heterocycles. The Balaban J connectivity index is 3.45. The molecule has 0 aliphatic rings. The summed E-state index contributed by atoms with van der Waals surface area (Å²) in [6, 6.07) is 0. The molecule has 0 saturated carbocycles. The smallest absolute Gasteiger partial charge is 0.306 e. The number of carbonyl (C=O) groups excluding carboxylic acids is 1. The first-order valence-corrected chi connectivity index (χ1v) is 5.78. The maximum absolute atomic E-state index is 10.8. The molecule has 0 bridgehead atoms. The summed E-state index contributed by atoms with van der Waals surface area (Å²) in [5, 5.41) is 0. The van der Waals surface area contributed by atoms with Gasteiger partial charge in [0.05, 0.1) is 12.4 Å². The van der Waals surface area contributed by atoms with Crippen molar-refractivity contribution in [3.8, 4) is 0 Å². The van der Waals surface area contributed by atoms with Gasteiger partial charge in [0.25, 0.3) is 10.1 Å². The molecule has 6 heteroatoms. The van der Waals surface area contributed by atoms with Crippen LogP contribution < -0.4 is 0 Å². The summed E-state index contributed by atoms with van der Waals surface area (Å²) in [5.74, 6) is -0.776. The average molecular weight is 222 g/mol. The van der Waals surface area contributed by atoms with Gasteiger partial charge in [-0.2, -0.15) is 8.42 Å². The van der Waals surface area contributed by atoms with Gasteiger partial charge in [-0.25, -0.2) is 0 Å². The fraction of sp³-hybridized carbons (Fsp3) is 0.625. The molecular weight excluding hydrogens is 208 g/mol. The van der Waals surface area contributed by atoms with Gasteiger partial charge >= 0.3 is 5.97 Å². The molecule has 1 N–H and O–H groups in total. The van der Waals surface area contributed by atoms with Crippen LogP contribution >= 0.6 is 0 Å². The average Bonchev–Trinajstić information content (AvgIpc) is 2.07. The van der Waals surface area contributed by atoms with E-state index in [1.54, 1.807) is 6.08 Å². The SMILES string of the molecule is C=CCCC(=O)OCCCS(=O)(=O)O. The molecule has 0 amide bonds. The highest BCUT2D eigenvalue weighted by Crippen LogP contribution is 1.95. The van der Waals surface area contributed by atoms with Crippen LogP contribution in [0.25, 0.3) is 0 Å². The summed E-state index contributed by atoms with van der Waals surface area (Å²) < 4.78 is 33.5. The molecule has 0 rings (SSSR count). The highest BCUT2D eigenvalue weighted by molar-refractivity contribution is 7.85. The number of ether oxygens (including phenoxy) is 1. The lowest BCUT2D eigenvalue weighted by atomic mass is 10.3. The first kappa shape index (κ1) is 13.1. The number of allylic oxidation sites excluding steroid dienone is 1. The van der Waals surface area contributed by atoms with Gasteiger partial charge in [-0.15, -0.1) is 6.58 Å². The van der Waals surface area contributed by atoms with Crippen molar-refractivity contribution in [1.82, 2.24) is 0 Å². The lowest BCUT2D eigenvalue weighted by Crippen LogP contribution is -2.10. The van der Waals surface area contributed by atoms with Gasteiger partial charge in [-0.1, -0.05) is 6.08 Å². The van der Waals surface area contributed by atoms with Crippen molar-refractivity contribution >= 4 is 16.1 Å². The third-order valence-electron chi connectivity index (χ3n) is 1.36. The molecule has 0 aromatic carbocycles. The second kappa shape index (κ2) is 6.56. The van der Waals surface area contributed by atoms with E-state index in [-0.39, 0.29) is 31.2 Å². The molecule has 0 atom stereocenters. The molecular formula is C8H14O5S. The predicted octanol–water partition coefficient (Wildman–Crippen LogP) is 0.774. The van der Waals surface area contributed by atoms with E-state index in [4.69, 9.17) is 4.55 Å². The lowest BCUT2D eigenvalue weighted by molar-refractivity contribution is -0.143. The third-order valence-corrected chi connectivity index (χ3v) is 2.17. The largest absolute Gasteiger partial charge is 0.466 e. The number of hydrogen-bond donors (Lipinski definition) is 1. The van der Waals surface area contributed by atoms with Crippen LogP contribution in [0.3, 0.4) is 0 Å². The summed E-state index contributed by atoms with van der Waals surface area (Å²) in [6.07, 6.45) is 2.49. The minimum atomic E-state index is -3.95. The highest BCUT2D eigenvalue weighted by atomic mass is 32.2. The molecule has 0 aromatic rings. The van der Waals surface area contributed by atoms with Crippen molar-refractivity contribution in [2.45, 2.75) is 19.3 Å². The van der Waals surface area contributed by atoms with Crippen LogP contribution in [0.2, 0.25) is 0 Å². The minimum absolute atomic E-state index is 0.00969. The first-order valence-electron chi connectivity index (χ1n) is 4.17. The number of rotatable bonds is 7. The van der Waals surface area contributed by atoms with E-state index >= 15 is 0 Å². The molecule has 0 saturated heterocycles. The zero-order chi connectivity index (χ0) is 11.0. The van der Waals surface area contributed by atoms with Crippen molar-refractivity contribution in [3.63, 3.8) is 0 Å². The molecule has 0 aliphatic carbocycles. The fourth-order valence-corrected chi connectivity index (χ4v) is 1.20. The van der Waals surface area contributed by atoms with E-state index in [9.17, 15) is 13.2 Å². The van der Waals surface area contributed by atoms with E-state index in [1.165, 1.54) is 0 Å². The second-order valence-electron chi connectivity index (χ2n) is 2.69. The van der Waals surface area contributed by atoms with Gasteiger partial charge in [-0.3, -0.25) is 9.35 Å². The normalized spacial score (nSPS) is 10.9. The number of carbonyl (C=O) groups is 1. The quantitative estimate of drug-likeness (QED) is 0.298. The number of hydrogen-bond acceptors (Lipinski definition) is 4. The van der Waals surface area contributed by atoms with Gasteiger partial charge in [0.2, 0.25) is 0 Å². The fourth-order valence-electron chi connectivity index (χ4n) is 0.719. The molecule has 0 radical (unpaired) electrons. The van der Waals surface area contributed by atoms with E-state index in [2.05, 4.69) is 11.3 Å². The summed E-state index contributed by atoms with van der Waals surface area (Å²) in [7, 11) is -3.95. The molecule has 5 nitrogen and oxygen atoms in total. The van der Waals surface area contributed by atoms with Crippen LogP contribution in [0.1, 0.15) is 19.3 Å². The zero-order valence-corrected chi connectivity index (χ0v) is 8.62. The van der Waals surface area contributed by atoms with E-state index < -0.39 is 10.1 Å². The van der Waals surface area contributed by atoms with Crippen molar-refractivity contribution in [2.75, 3.05) is 12.4 Å². The molecule has 14 heavy (non-hydrogen) atoms. The Morgan fingerprint density at radius 3 is 2.64 bits per heavy atom. The predicted molar refractivity (Wildman–Crippen MR) is 51.4 cm³/mol. The topological polar surface area (TPSA) is 80.7 Å². The Morgan fingerprint density at radius 1 is 1.50 bits per heavy atom. The second-order valence-corrected chi connectivity index (χ2v) is 4.26. The van der Waals surface area contributed by atoms with Crippen LogP contribution in [-0.4, -0.2) is 31.3 Å². The molecule has 0 fully saturated rings. The molecule has 0 aromatic heterocycles. The summed E-state index contributed by atoms with van der Waals surface area (Å²) >= 11 is 0. The Labute approximate surface area is 83.5 Å². The minimum Gasteiger partial charge on any atom is -0.466 e. The van der Waals surface area contributed by atoms with Crippen LogP contribution in [0, 0.1) is 0 Å². The van der Waals surface area contributed by atoms with Gasteiger partial charge in [0, 0.05) is 6.42 Å². The zero-order valence-electron chi connectivity index (χ0n) is 7.81. The van der Waals surface area contributed by atoms with Gasteiger partial charge in [0.1, 0.15) is 0 Å². The third kappa shape index (κ3) is 9.21. The van der Waals surface area contributed by atoms with Gasteiger partial charge < -0.3 is 4.74 Å². The Kier molecular flexibility index (Phi) is 6.14. The monoisotopic (exact) mass is 222 g/mol. The molecule has 0 unspecified atom stereocenters. The van der Waals surface area contributed by atoms with Crippen molar-refractivity contribution in [3.05, 3.63) is 12.7 Å². The number of esters is 1. The van der Waals surface area contributed by atoms with Crippen molar-refractivity contribution < 1.29 is 22.5 Å². The highest BCUT2D eigenvalue weighted by Gasteiger charge is 2.05. The molecule has 82 valence electrons. The van der Waals surface area contributed by atoms with Crippen molar-refractivity contribution in [2.24, 2.45) is 0 Å². The first-order chi connectivity index (χ1) is 6.45. The maximum atomic E-state index is 10.8. The van der Waals surface area contributed by atoms with E-state index in [0.717, 1.165) is 0 Å². The van der Waals surface area contributed by atoms with Gasteiger partial charge in [-0.05, 0) is 12.8 Å². The van der Waals surface area contributed by atoms with Gasteiger partial charge in [0.15, 0.2) is 0 Å². The maximum Gasteiger partial charge on any atom is 0.306 e. The van der Waals surface area contributed by atoms with Crippen LogP contribution in [0.5, 0.6) is 0 Å². The Morgan fingerprint density at radius 2 is 2.14 bits per heavy atom. The van der Waals surface area contributed by atoms with Crippen LogP contribution in [0.15, 0.2) is 12.7 Å². The van der Waals surface area contributed by atoms with E-state index in [0.29, 0.717) is 6.42 Å². The lowest BCUT2D eigenvalue weighted by Gasteiger charge is -2.02. The standard InChI is InChI=1S/C8H14O5S/c1-2-3-5-8(9)13-6-4-7-14(10,11)12/h2H,1,3-7H2,(H,10,11,12). The molecule has 0 spiro atoms.